The van der Waals surface area contributed by atoms with Gasteiger partial charge in [-0.2, -0.15) is 13.2 Å². The SMILES string of the molecule is CCc1nc2c(Cl)cc(C(F)(F)F)cn2c1C(=O)N(CC)CCC(=O)O. The monoisotopic (exact) mass is 391 g/mol. The number of carboxylic acid groups (broad SMARTS) is 1. The highest BCUT2D eigenvalue weighted by Gasteiger charge is 2.33. The molecule has 0 radical (unpaired) electrons. The van der Waals surface area contributed by atoms with Crippen LogP contribution in [-0.2, 0) is 17.4 Å². The first-order valence-electron chi connectivity index (χ1n) is 7.88. The molecular weight excluding hydrogens is 375 g/mol. The molecule has 0 aliphatic carbocycles. The molecule has 2 rings (SSSR count). The Morgan fingerprint density at radius 2 is 2.00 bits per heavy atom. The van der Waals surface area contributed by atoms with Gasteiger partial charge in [-0.25, -0.2) is 4.98 Å². The van der Waals surface area contributed by atoms with Crippen molar-refractivity contribution in [2.75, 3.05) is 13.1 Å². The predicted octanol–water partition coefficient (Wildman–Crippen LogP) is 3.51. The van der Waals surface area contributed by atoms with Crippen molar-refractivity contribution in [1.29, 1.82) is 0 Å². The Kier molecular flexibility index (Phi) is 5.80. The van der Waals surface area contributed by atoms with Gasteiger partial charge in [0.15, 0.2) is 5.65 Å². The van der Waals surface area contributed by atoms with Crippen molar-refractivity contribution >= 4 is 29.1 Å². The number of carbonyl (C=O) groups is 2. The molecule has 2 aromatic rings. The van der Waals surface area contributed by atoms with Crippen LogP contribution in [0.4, 0.5) is 13.2 Å². The molecule has 0 spiro atoms. The Hall–Kier alpha value is -2.29. The molecule has 0 unspecified atom stereocenters. The van der Waals surface area contributed by atoms with Crippen molar-refractivity contribution in [1.82, 2.24) is 14.3 Å². The zero-order valence-corrected chi connectivity index (χ0v) is 14.9. The molecule has 26 heavy (non-hydrogen) atoms. The average Bonchev–Trinajstić information content (AvgIpc) is 2.93. The van der Waals surface area contributed by atoms with Crippen LogP contribution < -0.4 is 0 Å². The third-order valence-electron chi connectivity index (χ3n) is 3.88. The first-order valence-corrected chi connectivity index (χ1v) is 8.26. The zero-order chi connectivity index (χ0) is 19.6. The van der Waals surface area contributed by atoms with Crippen molar-refractivity contribution in [2.45, 2.75) is 32.9 Å². The van der Waals surface area contributed by atoms with E-state index in [2.05, 4.69) is 4.98 Å². The number of nitrogens with zero attached hydrogens (tertiary/aromatic N) is 3. The summed E-state index contributed by atoms with van der Waals surface area (Å²) in [5.41, 5.74) is -0.695. The van der Waals surface area contributed by atoms with E-state index >= 15 is 0 Å². The van der Waals surface area contributed by atoms with Gasteiger partial charge in [-0.3, -0.25) is 14.0 Å². The third-order valence-corrected chi connectivity index (χ3v) is 4.15. The lowest BCUT2D eigenvalue weighted by Crippen LogP contribution is -2.34. The first kappa shape index (κ1) is 20.0. The standard InChI is InChI=1S/C16H17ClF3N3O3/c1-3-11-13(15(26)22(4-2)6-5-12(24)25)23-8-9(16(18,19)20)7-10(17)14(23)21-11/h7-8H,3-6H2,1-2H3,(H,24,25). The van der Waals surface area contributed by atoms with E-state index in [4.69, 9.17) is 16.7 Å². The van der Waals surface area contributed by atoms with Gasteiger partial charge in [-0.1, -0.05) is 18.5 Å². The second-order valence-electron chi connectivity index (χ2n) is 5.56. The average molecular weight is 392 g/mol. The summed E-state index contributed by atoms with van der Waals surface area (Å²) in [7, 11) is 0. The van der Waals surface area contributed by atoms with Gasteiger partial charge in [0.1, 0.15) is 5.69 Å². The Labute approximate surface area is 152 Å². The number of imidazole rings is 1. The molecular formula is C16H17ClF3N3O3. The van der Waals surface area contributed by atoms with Crippen LogP contribution in [0.3, 0.4) is 0 Å². The van der Waals surface area contributed by atoms with Crippen molar-refractivity contribution < 1.29 is 27.9 Å². The third kappa shape index (κ3) is 3.92. The normalized spacial score (nSPS) is 11.8. The van der Waals surface area contributed by atoms with Crippen LogP contribution in [0.1, 0.15) is 42.0 Å². The maximum atomic E-state index is 13.1. The molecule has 0 saturated heterocycles. The summed E-state index contributed by atoms with van der Waals surface area (Å²) in [6, 6.07) is 0.763. The van der Waals surface area contributed by atoms with Gasteiger partial charge < -0.3 is 10.0 Å². The number of aromatic nitrogens is 2. The number of hydrogen-bond acceptors (Lipinski definition) is 3. The summed E-state index contributed by atoms with van der Waals surface area (Å²) < 4.78 is 40.3. The van der Waals surface area contributed by atoms with Crippen molar-refractivity contribution in [3.8, 4) is 0 Å². The summed E-state index contributed by atoms with van der Waals surface area (Å²) in [6.07, 6.45) is -3.82. The van der Waals surface area contributed by atoms with Crippen LogP contribution in [0.5, 0.6) is 0 Å². The quantitative estimate of drug-likeness (QED) is 0.817. The minimum absolute atomic E-state index is 0.0391. The largest absolute Gasteiger partial charge is 0.481 e. The van der Waals surface area contributed by atoms with E-state index in [1.807, 2.05) is 0 Å². The minimum Gasteiger partial charge on any atom is -0.481 e. The number of alkyl halides is 3. The molecule has 1 amide bonds. The fourth-order valence-corrected chi connectivity index (χ4v) is 2.81. The molecule has 2 heterocycles. The summed E-state index contributed by atoms with van der Waals surface area (Å²) in [5.74, 6) is -1.67. The van der Waals surface area contributed by atoms with Crippen molar-refractivity contribution in [2.24, 2.45) is 0 Å². The molecule has 2 aromatic heterocycles. The lowest BCUT2D eigenvalue weighted by atomic mass is 10.2. The lowest BCUT2D eigenvalue weighted by Gasteiger charge is -2.20. The number of aliphatic carboxylic acids is 1. The van der Waals surface area contributed by atoms with E-state index in [1.54, 1.807) is 13.8 Å². The number of halogens is 4. The van der Waals surface area contributed by atoms with Crippen LogP contribution in [0.25, 0.3) is 5.65 Å². The number of pyridine rings is 1. The Morgan fingerprint density at radius 3 is 2.50 bits per heavy atom. The Morgan fingerprint density at radius 1 is 1.35 bits per heavy atom. The highest BCUT2D eigenvalue weighted by Crippen LogP contribution is 2.33. The fourth-order valence-electron chi connectivity index (χ4n) is 2.56. The fraction of sp³-hybridized carbons (Fsp3) is 0.438. The van der Waals surface area contributed by atoms with Crippen molar-refractivity contribution in [3.63, 3.8) is 0 Å². The second-order valence-corrected chi connectivity index (χ2v) is 5.96. The number of aryl methyl sites for hydroxylation is 1. The molecule has 10 heteroatoms. The number of carbonyl (C=O) groups excluding carboxylic acids is 1. The molecule has 142 valence electrons. The van der Waals surface area contributed by atoms with Crippen LogP contribution in [0, 0.1) is 0 Å². The summed E-state index contributed by atoms with van der Waals surface area (Å²) in [6.45, 7) is 3.51. The summed E-state index contributed by atoms with van der Waals surface area (Å²) >= 11 is 5.95. The van der Waals surface area contributed by atoms with Crippen LogP contribution in [-0.4, -0.2) is 44.4 Å². The molecule has 0 atom stereocenters. The minimum atomic E-state index is -4.64. The van der Waals surface area contributed by atoms with E-state index in [9.17, 15) is 22.8 Å². The molecule has 0 saturated carbocycles. The zero-order valence-electron chi connectivity index (χ0n) is 14.1. The lowest BCUT2D eigenvalue weighted by molar-refractivity contribution is -0.138. The van der Waals surface area contributed by atoms with Gasteiger partial charge in [0.05, 0.1) is 22.7 Å². The number of fused-ring (bicyclic) bond motifs is 1. The van der Waals surface area contributed by atoms with Crippen LogP contribution in [0.2, 0.25) is 5.02 Å². The molecule has 0 bridgehead atoms. The Balaban J connectivity index is 2.61. The van der Waals surface area contributed by atoms with Gasteiger partial charge in [0.25, 0.3) is 5.91 Å². The van der Waals surface area contributed by atoms with Gasteiger partial charge in [-0.15, -0.1) is 0 Å². The smallest absolute Gasteiger partial charge is 0.417 e. The second kappa shape index (κ2) is 7.53. The highest BCUT2D eigenvalue weighted by molar-refractivity contribution is 6.33. The van der Waals surface area contributed by atoms with Crippen LogP contribution in [0.15, 0.2) is 12.3 Å². The molecule has 0 fully saturated rings. The molecule has 0 aromatic carbocycles. The topological polar surface area (TPSA) is 74.9 Å². The summed E-state index contributed by atoms with van der Waals surface area (Å²) in [4.78, 5) is 29.1. The Bertz CT molecular complexity index is 849. The van der Waals surface area contributed by atoms with E-state index in [0.29, 0.717) is 12.1 Å². The van der Waals surface area contributed by atoms with Gasteiger partial charge in [-0.05, 0) is 19.4 Å². The van der Waals surface area contributed by atoms with Gasteiger partial charge >= 0.3 is 12.1 Å². The highest BCUT2D eigenvalue weighted by atomic mass is 35.5. The number of rotatable bonds is 6. The van der Waals surface area contributed by atoms with Gasteiger partial charge in [0.2, 0.25) is 0 Å². The van der Waals surface area contributed by atoms with Crippen molar-refractivity contribution in [3.05, 3.63) is 34.2 Å². The van der Waals surface area contributed by atoms with E-state index in [0.717, 1.165) is 16.7 Å². The number of hydrogen-bond donors (Lipinski definition) is 1. The van der Waals surface area contributed by atoms with Gasteiger partial charge in [0, 0.05) is 19.3 Å². The number of carboxylic acids is 1. The maximum absolute atomic E-state index is 13.1. The van der Waals surface area contributed by atoms with Crippen LogP contribution >= 0.6 is 11.6 Å². The van der Waals surface area contributed by atoms with E-state index < -0.39 is 23.6 Å². The molecule has 0 aliphatic rings. The molecule has 0 aliphatic heterocycles. The van der Waals surface area contributed by atoms with E-state index in [-0.39, 0.29) is 35.9 Å². The molecule has 6 nitrogen and oxygen atoms in total. The number of amides is 1. The van der Waals surface area contributed by atoms with E-state index in [1.165, 1.54) is 4.90 Å². The summed E-state index contributed by atoms with van der Waals surface area (Å²) in [5, 5.41) is 8.59. The predicted molar refractivity (Wildman–Crippen MR) is 88.4 cm³/mol. The maximum Gasteiger partial charge on any atom is 0.417 e. The molecule has 1 N–H and O–H groups in total. The first-order chi connectivity index (χ1) is 12.1.